The Morgan fingerprint density at radius 3 is 2.67 bits per heavy atom. The van der Waals surface area contributed by atoms with Crippen LogP contribution in [0.25, 0.3) is 0 Å². The number of hydrogen-bond donors (Lipinski definition) is 4. The number of benzene rings is 1. The number of phenols is 2. The Hall–Kier alpha value is -1.75. The number of amides is 1. The zero-order chi connectivity index (χ0) is 13.5. The fourth-order valence-corrected chi connectivity index (χ4v) is 1.79. The second-order valence-electron chi connectivity index (χ2n) is 4.12. The van der Waals surface area contributed by atoms with E-state index in [1.165, 1.54) is 12.1 Å². The van der Waals surface area contributed by atoms with E-state index in [1.54, 1.807) is 6.07 Å². The highest BCUT2D eigenvalue weighted by Gasteiger charge is 2.19. The summed E-state index contributed by atoms with van der Waals surface area (Å²) < 4.78 is 0. The van der Waals surface area contributed by atoms with Crippen molar-refractivity contribution in [3.63, 3.8) is 0 Å². The molecule has 0 spiro atoms. The maximum Gasteiger partial charge on any atom is 0.223 e. The lowest BCUT2D eigenvalue weighted by molar-refractivity contribution is -0.125. The molecule has 1 rings (SSSR count). The van der Waals surface area contributed by atoms with Crippen LogP contribution in [0.1, 0.15) is 18.9 Å². The SMILES string of the molecule is CCNC(=O)C(CCO)Cc1ccc(O)cc1O. The van der Waals surface area contributed by atoms with Crippen molar-refractivity contribution in [3.05, 3.63) is 23.8 Å². The lowest BCUT2D eigenvalue weighted by Crippen LogP contribution is -2.32. The van der Waals surface area contributed by atoms with E-state index in [2.05, 4.69) is 5.32 Å². The summed E-state index contributed by atoms with van der Waals surface area (Å²) in [5.74, 6) is -0.584. The molecule has 0 saturated heterocycles. The first-order chi connectivity index (χ1) is 8.58. The first-order valence-corrected chi connectivity index (χ1v) is 5.97. The minimum Gasteiger partial charge on any atom is -0.508 e. The summed E-state index contributed by atoms with van der Waals surface area (Å²) in [6, 6.07) is 4.28. The molecule has 1 aromatic rings. The number of rotatable bonds is 6. The van der Waals surface area contributed by atoms with Crippen LogP contribution in [-0.2, 0) is 11.2 Å². The molecule has 1 unspecified atom stereocenters. The van der Waals surface area contributed by atoms with Gasteiger partial charge in [0.05, 0.1) is 0 Å². The van der Waals surface area contributed by atoms with Crippen LogP contribution in [-0.4, -0.2) is 34.4 Å². The van der Waals surface area contributed by atoms with Gasteiger partial charge in [0.2, 0.25) is 5.91 Å². The summed E-state index contributed by atoms with van der Waals surface area (Å²) in [6.07, 6.45) is 0.671. The predicted octanol–water partition coefficient (Wildman–Crippen LogP) is 0.775. The molecule has 0 aliphatic carbocycles. The summed E-state index contributed by atoms with van der Waals surface area (Å²) >= 11 is 0. The molecule has 5 nitrogen and oxygen atoms in total. The number of carbonyl (C=O) groups excluding carboxylic acids is 1. The van der Waals surface area contributed by atoms with Gasteiger partial charge in [0.25, 0.3) is 0 Å². The molecule has 100 valence electrons. The van der Waals surface area contributed by atoms with Gasteiger partial charge in [-0.15, -0.1) is 0 Å². The molecule has 0 saturated carbocycles. The molecule has 0 bridgehead atoms. The minimum absolute atomic E-state index is 0.0204. The van der Waals surface area contributed by atoms with Crippen molar-refractivity contribution in [1.82, 2.24) is 5.32 Å². The second kappa shape index (κ2) is 6.86. The zero-order valence-corrected chi connectivity index (χ0v) is 10.4. The van der Waals surface area contributed by atoms with E-state index in [0.29, 0.717) is 24.9 Å². The fraction of sp³-hybridized carbons (Fsp3) is 0.462. The van der Waals surface area contributed by atoms with E-state index in [1.807, 2.05) is 6.92 Å². The van der Waals surface area contributed by atoms with E-state index in [4.69, 9.17) is 5.11 Å². The Morgan fingerprint density at radius 2 is 2.11 bits per heavy atom. The fourth-order valence-electron chi connectivity index (χ4n) is 1.79. The third kappa shape index (κ3) is 3.92. The number of carbonyl (C=O) groups is 1. The molecule has 1 aromatic carbocycles. The summed E-state index contributed by atoms with van der Waals surface area (Å²) in [6.45, 7) is 2.27. The third-order valence-corrected chi connectivity index (χ3v) is 2.73. The van der Waals surface area contributed by atoms with Gasteiger partial charge in [0.15, 0.2) is 0 Å². The molecule has 0 aliphatic heterocycles. The van der Waals surface area contributed by atoms with Crippen LogP contribution in [0, 0.1) is 5.92 Å². The monoisotopic (exact) mass is 253 g/mol. The first-order valence-electron chi connectivity index (χ1n) is 5.97. The van der Waals surface area contributed by atoms with Crippen LogP contribution < -0.4 is 5.32 Å². The van der Waals surface area contributed by atoms with E-state index in [-0.39, 0.29) is 29.9 Å². The molecule has 0 fully saturated rings. The molecule has 0 aromatic heterocycles. The van der Waals surface area contributed by atoms with Crippen molar-refractivity contribution in [3.8, 4) is 11.5 Å². The quantitative estimate of drug-likeness (QED) is 0.603. The van der Waals surface area contributed by atoms with Gasteiger partial charge in [0, 0.05) is 25.1 Å². The average Bonchev–Trinajstić information content (AvgIpc) is 2.32. The highest BCUT2D eigenvalue weighted by molar-refractivity contribution is 5.79. The van der Waals surface area contributed by atoms with Crippen LogP contribution in [0.15, 0.2) is 18.2 Å². The van der Waals surface area contributed by atoms with E-state index in [9.17, 15) is 15.0 Å². The van der Waals surface area contributed by atoms with Crippen LogP contribution in [0.3, 0.4) is 0 Å². The van der Waals surface area contributed by atoms with Crippen molar-refractivity contribution in [2.75, 3.05) is 13.2 Å². The van der Waals surface area contributed by atoms with Gasteiger partial charge >= 0.3 is 0 Å². The van der Waals surface area contributed by atoms with Gasteiger partial charge in [-0.3, -0.25) is 4.79 Å². The summed E-state index contributed by atoms with van der Waals surface area (Å²) in [7, 11) is 0. The normalized spacial score (nSPS) is 12.1. The van der Waals surface area contributed by atoms with Crippen LogP contribution in [0.4, 0.5) is 0 Å². The largest absolute Gasteiger partial charge is 0.508 e. The molecule has 18 heavy (non-hydrogen) atoms. The maximum atomic E-state index is 11.8. The van der Waals surface area contributed by atoms with Gasteiger partial charge in [-0.05, 0) is 31.4 Å². The smallest absolute Gasteiger partial charge is 0.223 e. The number of aliphatic hydroxyl groups is 1. The predicted molar refractivity (Wildman–Crippen MR) is 67.4 cm³/mol. The molecule has 1 amide bonds. The third-order valence-electron chi connectivity index (χ3n) is 2.73. The number of hydrogen-bond acceptors (Lipinski definition) is 4. The van der Waals surface area contributed by atoms with Crippen LogP contribution in [0.2, 0.25) is 0 Å². The number of phenolic OH excluding ortho intramolecular Hbond substituents is 2. The van der Waals surface area contributed by atoms with Gasteiger partial charge in [-0.2, -0.15) is 0 Å². The molecular weight excluding hydrogens is 234 g/mol. The van der Waals surface area contributed by atoms with Crippen molar-refractivity contribution in [2.45, 2.75) is 19.8 Å². The zero-order valence-electron chi connectivity index (χ0n) is 10.4. The van der Waals surface area contributed by atoms with E-state index < -0.39 is 0 Å². The molecule has 0 aliphatic rings. The van der Waals surface area contributed by atoms with E-state index in [0.717, 1.165) is 0 Å². The molecule has 0 heterocycles. The van der Waals surface area contributed by atoms with Crippen molar-refractivity contribution >= 4 is 5.91 Å². The lowest BCUT2D eigenvalue weighted by atomic mass is 9.95. The van der Waals surface area contributed by atoms with E-state index >= 15 is 0 Å². The van der Waals surface area contributed by atoms with Crippen LogP contribution in [0.5, 0.6) is 11.5 Å². The number of aromatic hydroxyl groups is 2. The summed E-state index contributed by atoms with van der Waals surface area (Å²) in [5, 5.41) is 30.5. The van der Waals surface area contributed by atoms with Gasteiger partial charge < -0.3 is 20.6 Å². The maximum absolute atomic E-state index is 11.8. The van der Waals surface area contributed by atoms with Crippen LogP contribution >= 0.6 is 0 Å². The Morgan fingerprint density at radius 1 is 1.39 bits per heavy atom. The minimum atomic E-state index is -0.384. The molecule has 4 N–H and O–H groups in total. The van der Waals surface area contributed by atoms with Gasteiger partial charge in [-0.1, -0.05) is 6.07 Å². The second-order valence-corrected chi connectivity index (χ2v) is 4.12. The number of aliphatic hydroxyl groups excluding tert-OH is 1. The van der Waals surface area contributed by atoms with Crippen molar-refractivity contribution < 1.29 is 20.1 Å². The molecule has 5 heteroatoms. The van der Waals surface area contributed by atoms with Crippen molar-refractivity contribution in [1.29, 1.82) is 0 Å². The molecule has 0 radical (unpaired) electrons. The molecule has 1 atom stereocenters. The highest BCUT2D eigenvalue weighted by Crippen LogP contribution is 2.25. The summed E-state index contributed by atoms with van der Waals surface area (Å²) in [5.41, 5.74) is 0.581. The van der Waals surface area contributed by atoms with Gasteiger partial charge in [0.1, 0.15) is 11.5 Å². The lowest BCUT2D eigenvalue weighted by Gasteiger charge is -2.16. The Balaban J connectivity index is 2.79. The summed E-state index contributed by atoms with van der Waals surface area (Å²) in [4.78, 5) is 11.8. The van der Waals surface area contributed by atoms with Crippen molar-refractivity contribution in [2.24, 2.45) is 5.92 Å². The highest BCUT2D eigenvalue weighted by atomic mass is 16.3. The Kier molecular flexibility index (Phi) is 5.45. The van der Waals surface area contributed by atoms with Gasteiger partial charge in [-0.25, -0.2) is 0 Å². The Labute approximate surface area is 106 Å². The molecular formula is C13H19NO4. The first kappa shape index (κ1) is 14.3. The average molecular weight is 253 g/mol. The topological polar surface area (TPSA) is 89.8 Å². The number of nitrogens with one attached hydrogen (secondary N) is 1. The Bertz CT molecular complexity index is 406. The standard InChI is InChI=1S/C13H19NO4/c1-2-14-13(18)10(5-6-15)7-9-3-4-11(16)8-12(9)17/h3-4,8,10,15-17H,2,5-7H2,1H3,(H,14,18).